The van der Waals surface area contributed by atoms with Crippen LogP contribution in [0.5, 0.6) is 0 Å². The van der Waals surface area contributed by atoms with Crippen LogP contribution in [0, 0.1) is 5.41 Å². The van der Waals surface area contributed by atoms with Gasteiger partial charge in [0.05, 0.1) is 12.5 Å². The maximum atomic E-state index is 11.5. The van der Waals surface area contributed by atoms with Gasteiger partial charge in [0.15, 0.2) is 0 Å². The third-order valence-electron chi connectivity index (χ3n) is 2.81. The third kappa shape index (κ3) is 3.47. The van der Waals surface area contributed by atoms with Crippen LogP contribution in [0.25, 0.3) is 0 Å². The zero-order valence-electron chi connectivity index (χ0n) is 10.2. The summed E-state index contributed by atoms with van der Waals surface area (Å²) in [7, 11) is 1.45. The van der Waals surface area contributed by atoms with Crippen LogP contribution >= 0.6 is 0 Å². The van der Waals surface area contributed by atoms with E-state index in [2.05, 4.69) is 17.1 Å². The Morgan fingerprint density at radius 3 is 2.80 bits per heavy atom. The number of methoxy groups -OCH3 is 1. The van der Waals surface area contributed by atoms with Crippen molar-refractivity contribution in [3.8, 4) is 0 Å². The number of nitrogens with one attached hydrogen (secondary N) is 1. The van der Waals surface area contributed by atoms with Crippen molar-refractivity contribution in [2.75, 3.05) is 33.3 Å². The van der Waals surface area contributed by atoms with E-state index in [9.17, 15) is 4.79 Å². The lowest BCUT2D eigenvalue weighted by atomic mass is 9.92. The molecule has 0 bridgehead atoms. The molecule has 1 N–H and O–H groups in total. The van der Waals surface area contributed by atoms with Crippen LogP contribution in [0.3, 0.4) is 0 Å². The molecule has 4 heteroatoms. The molecule has 0 aromatic rings. The average Bonchev–Trinajstić information content (AvgIpc) is 2.15. The molecule has 1 heterocycles. The molecule has 0 aromatic heterocycles. The third-order valence-corrected chi connectivity index (χ3v) is 2.81. The summed E-state index contributed by atoms with van der Waals surface area (Å²) in [6.45, 7) is 9.81. The maximum absolute atomic E-state index is 11.5. The van der Waals surface area contributed by atoms with Gasteiger partial charge in [-0.05, 0) is 20.8 Å². The van der Waals surface area contributed by atoms with Crippen molar-refractivity contribution in [1.82, 2.24) is 10.2 Å². The summed E-state index contributed by atoms with van der Waals surface area (Å²) in [6.07, 6.45) is 0. The summed E-state index contributed by atoms with van der Waals surface area (Å²) in [5.74, 6) is -0.131. The molecule has 1 fully saturated rings. The fourth-order valence-electron chi connectivity index (χ4n) is 2.06. The van der Waals surface area contributed by atoms with Crippen LogP contribution in [0.4, 0.5) is 0 Å². The zero-order chi connectivity index (χ0) is 11.5. The van der Waals surface area contributed by atoms with Gasteiger partial charge in [-0.15, -0.1) is 0 Å². The Morgan fingerprint density at radius 2 is 2.27 bits per heavy atom. The Morgan fingerprint density at radius 1 is 1.60 bits per heavy atom. The lowest BCUT2D eigenvalue weighted by Gasteiger charge is -2.36. The molecule has 1 aliphatic heterocycles. The van der Waals surface area contributed by atoms with Crippen molar-refractivity contribution in [1.29, 1.82) is 0 Å². The van der Waals surface area contributed by atoms with Gasteiger partial charge in [0.25, 0.3) is 0 Å². The molecule has 0 saturated carbocycles. The minimum atomic E-state index is -0.411. The minimum Gasteiger partial charge on any atom is -0.469 e. The van der Waals surface area contributed by atoms with Crippen LogP contribution < -0.4 is 5.32 Å². The fraction of sp³-hybridized carbons (Fsp3) is 0.909. The van der Waals surface area contributed by atoms with Crippen molar-refractivity contribution >= 4 is 5.97 Å². The molecule has 0 spiro atoms. The molecule has 0 aromatic carbocycles. The predicted octanol–water partition coefficient (Wildman–Crippen LogP) is 0.479. The van der Waals surface area contributed by atoms with E-state index in [-0.39, 0.29) is 5.97 Å². The first-order chi connectivity index (χ1) is 6.95. The van der Waals surface area contributed by atoms with Crippen molar-refractivity contribution < 1.29 is 9.53 Å². The Hall–Kier alpha value is -0.610. The summed E-state index contributed by atoms with van der Waals surface area (Å²) in [4.78, 5) is 13.8. The molecule has 1 rings (SSSR count). The van der Waals surface area contributed by atoms with Gasteiger partial charge in [0, 0.05) is 32.2 Å². The first-order valence-corrected chi connectivity index (χ1v) is 5.50. The van der Waals surface area contributed by atoms with E-state index in [0.717, 1.165) is 26.2 Å². The number of ether oxygens (including phenoxy) is 1. The van der Waals surface area contributed by atoms with Gasteiger partial charge in [0.2, 0.25) is 0 Å². The highest BCUT2D eigenvalue weighted by Gasteiger charge is 2.32. The number of hydrogen-bond donors (Lipinski definition) is 1. The number of nitrogens with zero attached hydrogens (tertiary/aromatic N) is 1. The van der Waals surface area contributed by atoms with Gasteiger partial charge in [-0.25, -0.2) is 0 Å². The smallest absolute Gasteiger partial charge is 0.312 e. The molecular formula is C11H22N2O2. The summed E-state index contributed by atoms with van der Waals surface area (Å²) in [5, 5.41) is 3.38. The van der Waals surface area contributed by atoms with Crippen molar-refractivity contribution in [2.45, 2.75) is 26.8 Å². The second-order valence-corrected chi connectivity index (χ2v) is 4.97. The number of rotatable bonds is 3. The first-order valence-electron chi connectivity index (χ1n) is 5.50. The predicted molar refractivity (Wildman–Crippen MR) is 59.7 cm³/mol. The summed E-state index contributed by atoms with van der Waals surface area (Å²) >= 11 is 0. The van der Waals surface area contributed by atoms with E-state index in [1.165, 1.54) is 7.11 Å². The number of piperazine rings is 1. The lowest BCUT2D eigenvalue weighted by Crippen LogP contribution is -2.52. The first kappa shape index (κ1) is 12.5. The second kappa shape index (κ2) is 4.94. The summed E-state index contributed by atoms with van der Waals surface area (Å²) in [5.41, 5.74) is -0.411. The topological polar surface area (TPSA) is 41.6 Å². The molecule has 1 atom stereocenters. The number of carbonyl (C=O) groups excluding carboxylic acids is 1. The van der Waals surface area contributed by atoms with Crippen LogP contribution in [-0.2, 0) is 9.53 Å². The quantitative estimate of drug-likeness (QED) is 0.694. The van der Waals surface area contributed by atoms with Gasteiger partial charge in [-0.3, -0.25) is 9.69 Å². The fourth-order valence-corrected chi connectivity index (χ4v) is 2.06. The van der Waals surface area contributed by atoms with Crippen molar-refractivity contribution in [3.05, 3.63) is 0 Å². The minimum absolute atomic E-state index is 0.131. The monoisotopic (exact) mass is 214 g/mol. The summed E-state index contributed by atoms with van der Waals surface area (Å²) < 4.78 is 4.80. The van der Waals surface area contributed by atoms with Crippen LogP contribution in [0.15, 0.2) is 0 Å². The molecule has 0 unspecified atom stereocenters. The standard InChI is InChI=1S/C11H22N2O2/c1-9-7-13(6-5-12-9)8-11(2,3)10(14)15-4/h9,12H,5-8H2,1-4H3/t9-/m0/s1. The van der Waals surface area contributed by atoms with E-state index < -0.39 is 5.41 Å². The Bertz CT molecular complexity index is 229. The van der Waals surface area contributed by atoms with Gasteiger partial charge in [-0.2, -0.15) is 0 Å². The van der Waals surface area contributed by atoms with Crippen LogP contribution in [0.1, 0.15) is 20.8 Å². The molecule has 1 saturated heterocycles. The number of carbonyl (C=O) groups is 1. The highest BCUT2D eigenvalue weighted by atomic mass is 16.5. The Balaban J connectivity index is 2.49. The van der Waals surface area contributed by atoms with E-state index in [1.807, 2.05) is 13.8 Å². The molecular weight excluding hydrogens is 192 g/mol. The number of esters is 1. The van der Waals surface area contributed by atoms with Crippen molar-refractivity contribution in [2.24, 2.45) is 5.41 Å². The second-order valence-electron chi connectivity index (χ2n) is 4.97. The van der Waals surface area contributed by atoms with Crippen molar-refractivity contribution in [3.63, 3.8) is 0 Å². The van der Waals surface area contributed by atoms with Crippen LogP contribution in [-0.4, -0.2) is 50.2 Å². The summed E-state index contributed by atoms with van der Waals surface area (Å²) in [6, 6.07) is 0.507. The van der Waals surface area contributed by atoms with Gasteiger partial charge >= 0.3 is 5.97 Å². The number of hydrogen-bond acceptors (Lipinski definition) is 4. The van der Waals surface area contributed by atoms with Crippen LogP contribution in [0.2, 0.25) is 0 Å². The molecule has 88 valence electrons. The zero-order valence-corrected chi connectivity index (χ0v) is 10.2. The Labute approximate surface area is 92.0 Å². The van der Waals surface area contributed by atoms with Gasteiger partial charge < -0.3 is 10.1 Å². The average molecular weight is 214 g/mol. The highest BCUT2D eigenvalue weighted by Crippen LogP contribution is 2.19. The van der Waals surface area contributed by atoms with Gasteiger partial charge in [-0.1, -0.05) is 0 Å². The van der Waals surface area contributed by atoms with E-state index in [4.69, 9.17) is 4.74 Å². The largest absolute Gasteiger partial charge is 0.469 e. The maximum Gasteiger partial charge on any atom is 0.312 e. The van der Waals surface area contributed by atoms with E-state index in [0.29, 0.717) is 6.04 Å². The Kier molecular flexibility index (Phi) is 4.11. The SMILES string of the molecule is COC(=O)C(C)(C)CN1CCN[C@@H](C)C1. The molecule has 15 heavy (non-hydrogen) atoms. The molecule has 0 aliphatic carbocycles. The molecule has 4 nitrogen and oxygen atoms in total. The van der Waals surface area contributed by atoms with E-state index in [1.54, 1.807) is 0 Å². The molecule has 0 amide bonds. The highest BCUT2D eigenvalue weighted by molar-refractivity contribution is 5.76. The van der Waals surface area contributed by atoms with Gasteiger partial charge in [0.1, 0.15) is 0 Å². The van der Waals surface area contributed by atoms with E-state index >= 15 is 0 Å². The molecule has 0 radical (unpaired) electrons. The lowest BCUT2D eigenvalue weighted by molar-refractivity contribution is -0.152. The normalized spacial score (nSPS) is 23.9. The molecule has 1 aliphatic rings.